The Morgan fingerprint density at radius 1 is 0.868 bits per heavy atom. The highest BCUT2D eigenvalue weighted by atomic mass is 35.5. The van der Waals surface area contributed by atoms with Crippen LogP contribution in [0.2, 0.25) is 5.15 Å². The highest BCUT2D eigenvalue weighted by molar-refractivity contribution is 6.30. The summed E-state index contributed by atoms with van der Waals surface area (Å²) in [6.45, 7) is 9.65. The molecular formula is C30H34ClN5O2. The summed E-state index contributed by atoms with van der Waals surface area (Å²) in [7, 11) is 0. The van der Waals surface area contributed by atoms with E-state index in [9.17, 15) is 9.59 Å². The molecular weight excluding hydrogens is 498 g/mol. The van der Waals surface area contributed by atoms with Crippen LogP contribution in [0.1, 0.15) is 62.2 Å². The normalized spacial score (nSPS) is 13.9. The van der Waals surface area contributed by atoms with Gasteiger partial charge in [-0.3, -0.25) is 9.59 Å². The van der Waals surface area contributed by atoms with Crippen molar-refractivity contribution in [1.29, 1.82) is 0 Å². The second-order valence-electron chi connectivity index (χ2n) is 9.66. The van der Waals surface area contributed by atoms with Crippen molar-refractivity contribution in [3.05, 3.63) is 98.9 Å². The molecule has 1 aliphatic rings. The van der Waals surface area contributed by atoms with Gasteiger partial charge in [0.05, 0.1) is 11.6 Å². The number of amides is 2. The number of carbonyl (C=O) groups excluding carboxylic acids is 2. The van der Waals surface area contributed by atoms with E-state index in [2.05, 4.69) is 32.8 Å². The number of unbranched alkanes of at least 4 members (excludes halogenated alkanes) is 1. The van der Waals surface area contributed by atoms with Gasteiger partial charge in [0.1, 0.15) is 5.82 Å². The number of nitrogens with zero attached hydrogens (tertiary/aromatic N) is 1. The maximum Gasteiger partial charge on any atom is 0.254 e. The second kappa shape index (κ2) is 11.7. The topological polar surface area (TPSA) is 98.9 Å². The number of carbonyl (C=O) groups is 2. The molecule has 0 radical (unpaired) electrons. The van der Waals surface area contributed by atoms with Crippen LogP contribution < -0.4 is 16.0 Å². The molecule has 0 bridgehead atoms. The van der Waals surface area contributed by atoms with E-state index in [-0.39, 0.29) is 17.0 Å². The van der Waals surface area contributed by atoms with Gasteiger partial charge in [0, 0.05) is 40.3 Å². The summed E-state index contributed by atoms with van der Waals surface area (Å²) in [6, 6.07) is 15.2. The standard InChI is InChI=1S/C30H34ClN5O2/c1-6-7-16-23-35-27(28(31)36-23)26-24(29(37)33-21-14-10-8-12-17(21)2)19(4)32-20(5)25(26)30(38)34-22-15-11-9-13-18(22)3/h8-15,26,32H,6-7,16H2,1-5H3,(H,33,37)(H,34,38)(H,35,36). The summed E-state index contributed by atoms with van der Waals surface area (Å²) < 4.78 is 0. The number of dihydropyridines is 1. The lowest BCUT2D eigenvalue weighted by molar-refractivity contribution is -0.113. The van der Waals surface area contributed by atoms with Crippen molar-refractivity contribution in [2.24, 2.45) is 0 Å². The van der Waals surface area contributed by atoms with E-state index in [4.69, 9.17) is 11.6 Å². The van der Waals surface area contributed by atoms with Crippen LogP contribution in [-0.2, 0) is 16.0 Å². The Bertz CT molecular complexity index is 1350. The number of imidazole rings is 1. The van der Waals surface area contributed by atoms with Crippen molar-refractivity contribution >= 4 is 34.8 Å². The van der Waals surface area contributed by atoms with Gasteiger partial charge in [-0.15, -0.1) is 0 Å². The van der Waals surface area contributed by atoms with Crippen molar-refractivity contribution in [3.8, 4) is 0 Å². The number of aromatic amines is 1. The molecule has 0 saturated heterocycles. The van der Waals surface area contributed by atoms with Gasteiger partial charge < -0.3 is 20.9 Å². The van der Waals surface area contributed by atoms with Crippen molar-refractivity contribution in [2.45, 2.75) is 59.8 Å². The third kappa shape index (κ3) is 5.68. The first-order valence-corrected chi connectivity index (χ1v) is 13.3. The van der Waals surface area contributed by atoms with Crippen molar-refractivity contribution in [3.63, 3.8) is 0 Å². The number of H-pyrrole nitrogens is 1. The third-order valence-corrected chi connectivity index (χ3v) is 7.11. The third-order valence-electron chi connectivity index (χ3n) is 6.83. The predicted molar refractivity (Wildman–Crippen MR) is 153 cm³/mol. The zero-order chi connectivity index (χ0) is 27.4. The first-order chi connectivity index (χ1) is 18.2. The van der Waals surface area contributed by atoms with E-state index in [1.807, 2.05) is 76.2 Å². The Hall–Kier alpha value is -3.84. The minimum Gasteiger partial charge on any atom is -0.362 e. The number of halogens is 1. The predicted octanol–water partition coefficient (Wildman–Crippen LogP) is 6.53. The van der Waals surface area contributed by atoms with Crippen LogP contribution in [0.5, 0.6) is 0 Å². The highest BCUT2D eigenvalue weighted by Crippen LogP contribution is 2.41. The van der Waals surface area contributed by atoms with Crippen LogP contribution in [0.25, 0.3) is 0 Å². The zero-order valence-electron chi connectivity index (χ0n) is 22.5. The Morgan fingerprint density at radius 2 is 1.37 bits per heavy atom. The molecule has 0 aliphatic carbocycles. The van der Waals surface area contributed by atoms with E-state index < -0.39 is 5.92 Å². The van der Waals surface area contributed by atoms with Gasteiger partial charge in [-0.25, -0.2) is 4.98 Å². The summed E-state index contributed by atoms with van der Waals surface area (Å²) in [4.78, 5) is 35.6. The average Bonchev–Trinajstić information content (AvgIpc) is 3.24. The lowest BCUT2D eigenvalue weighted by Crippen LogP contribution is -2.35. The average molecular weight is 532 g/mol. The van der Waals surface area contributed by atoms with Crippen molar-refractivity contribution in [1.82, 2.24) is 15.3 Å². The molecule has 0 fully saturated rings. The summed E-state index contributed by atoms with van der Waals surface area (Å²) in [5, 5.41) is 9.59. The van der Waals surface area contributed by atoms with Gasteiger partial charge >= 0.3 is 0 Å². The molecule has 198 valence electrons. The van der Waals surface area contributed by atoms with E-state index in [0.29, 0.717) is 39.6 Å². The lowest BCUT2D eigenvalue weighted by atomic mass is 9.82. The first kappa shape index (κ1) is 27.2. The fourth-order valence-corrected chi connectivity index (χ4v) is 5.02. The van der Waals surface area contributed by atoms with Crippen LogP contribution in [0.4, 0.5) is 11.4 Å². The number of hydrogen-bond donors (Lipinski definition) is 4. The lowest BCUT2D eigenvalue weighted by Gasteiger charge is -2.31. The Balaban J connectivity index is 1.80. The number of aromatic nitrogens is 2. The molecule has 0 atom stereocenters. The minimum absolute atomic E-state index is 0.256. The summed E-state index contributed by atoms with van der Waals surface area (Å²) >= 11 is 6.69. The molecule has 8 heteroatoms. The van der Waals surface area contributed by atoms with Crippen LogP contribution >= 0.6 is 11.6 Å². The van der Waals surface area contributed by atoms with Gasteiger partial charge in [0.2, 0.25) is 0 Å². The molecule has 4 rings (SSSR count). The molecule has 1 aliphatic heterocycles. The van der Waals surface area contributed by atoms with Crippen LogP contribution in [-0.4, -0.2) is 21.8 Å². The number of aryl methyl sites for hydroxylation is 3. The number of anilines is 2. The number of allylic oxidation sites excluding steroid dienone is 2. The summed E-state index contributed by atoms with van der Waals surface area (Å²) in [6.07, 6.45) is 2.68. The molecule has 2 amide bonds. The molecule has 1 aromatic heterocycles. The molecule has 2 heterocycles. The van der Waals surface area contributed by atoms with E-state index in [1.165, 1.54) is 0 Å². The fourth-order valence-electron chi connectivity index (χ4n) is 4.76. The molecule has 38 heavy (non-hydrogen) atoms. The number of para-hydroxylation sites is 2. The van der Waals surface area contributed by atoms with Gasteiger partial charge in [-0.1, -0.05) is 61.3 Å². The maximum atomic E-state index is 13.9. The molecule has 7 nitrogen and oxygen atoms in total. The van der Waals surface area contributed by atoms with Crippen LogP contribution in [0.3, 0.4) is 0 Å². The molecule has 2 aromatic carbocycles. The minimum atomic E-state index is -0.750. The second-order valence-corrected chi connectivity index (χ2v) is 10.0. The largest absolute Gasteiger partial charge is 0.362 e. The maximum absolute atomic E-state index is 13.9. The first-order valence-electron chi connectivity index (χ1n) is 12.9. The zero-order valence-corrected chi connectivity index (χ0v) is 23.2. The number of nitrogens with one attached hydrogen (secondary N) is 4. The number of hydrogen-bond acceptors (Lipinski definition) is 4. The van der Waals surface area contributed by atoms with Gasteiger partial charge in [0.25, 0.3) is 11.8 Å². The Kier molecular flexibility index (Phi) is 8.37. The molecule has 0 unspecified atom stereocenters. The molecule has 0 saturated carbocycles. The number of benzene rings is 2. The van der Waals surface area contributed by atoms with Crippen LogP contribution in [0, 0.1) is 13.8 Å². The SMILES string of the molecule is CCCCc1nc(Cl)c(C2C(C(=O)Nc3ccccc3C)=C(C)NC(C)=C2C(=O)Nc2ccccc2C)[nH]1. The van der Waals surface area contributed by atoms with E-state index in [0.717, 1.165) is 36.2 Å². The number of rotatable bonds is 8. The molecule has 4 N–H and O–H groups in total. The summed E-state index contributed by atoms with van der Waals surface area (Å²) in [5.74, 6) is -0.648. The highest BCUT2D eigenvalue weighted by Gasteiger charge is 2.39. The van der Waals surface area contributed by atoms with Crippen molar-refractivity contribution in [2.75, 3.05) is 10.6 Å². The van der Waals surface area contributed by atoms with Gasteiger partial charge in [0.15, 0.2) is 5.15 Å². The molecule has 0 spiro atoms. The van der Waals surface area contributed by atoms with Crippen LogP contribution in [0.15, 0.2) is 71.1 Å². The fraction of sp³-hybridized carbons (Fsp3) is 0.300. The Morgan fingerprint density at radius 3 is 1.84 bits per heavy atom. The monoisotopic (exact) mass is 531 g/mol. The van der Waals surface area contributed by atoms with Crippen molar-refractivity contribution < 1.29 is 9.59 Å². The summed E-state index contributed by atoms with van der Waals surface area (Å²) in [5.41, 5.74) is 5.90. The van der Waals surface area contributed by atoms with Gasteiger partial charge in [-0.2, -0.15) is 0 Å². The van der Waals surface area contributed by atoms with E-state index in [1.54, 1.807) is 0 Å². The van der Waals surface area contributed by atoms with E-state index >= 15 is 0 Å². The van der Waals surface area contributed by atoms with Gasteiger partial charge in [-0.05, 0) is 57.4 Å². The molecule has 3 aromatic rings. The Labute approximate surface area is 228 Å². The smallest absolute Gasteiger partial charge is 0.254 e. The quantitative estimate of drug-likeness (QED) is 0.265.